The fourth-order valence-electron chi connectivity index (χ4n) is 2.14. The van der Waals surface area contributed by atoms with E-state index >= 15 is 0 Å². The van der Waals surface area contributed by atoms with E-state index in [1.54, 1.807) is 36.4 Å². The quantitative estimate of drug-likeness (QED) is 0.752. The first kappa shape index (κ1) is 14.3. The first-order chi connectivity index (χ1) is 10.6. The molecule has 0 aliphatic heterocycles. The van der Waals surface area contributed by atoms with Crippen molar-refractivity contribution in [3.05, 3.63) is 76.4 Å². The SMILES string of the molecule is O=c1ccc2ccc(OC[C@@H](O)c3ccccc3F)cc2o1. The van der Waals surface area contributed by atoms with Crippen molar-refractivity contribution < 1.29 is 18.7 Å². The predicted octanol–water partition coefficient (Wildman–Crippen LogP) is 3.04. The van der Waals surface area contributed by atoms with E-state index in [0.717, 1.165) is 5.39 Å². The molecular weight excluding hydrogens is 287 g/mol. The Morgan fingerprint density at radius 3 is 2.73 bits per heavy atom. The van der Waals surface area contributed by atoms with Crippen molar-refractivity contribution >= 4 is 11.0 Å². The lowest BCUT2D eigenvalue weighted by Crippen LogP contribution is -2.11. The van der Waals surface area contributed by atoms with Crippen LogP contribution in [0.1, 0.15) is 11.7 Å². The van der Waals surface area contributed by atoms with E-state index in [9.17, 15) is 14.3 Å². The number of hydrogen-bond donors (Lipinski definition) is 1. The number of halogens is 1. The largest absolute Gasteiger partial charge is 0.490 e. The third-order valence-corrected chi connectivity index (χ3v) is 3.27. The maximum atomic E-state index is 13.6. The van der Waals surface area contributed by atoms with Crippen LogP contribution in [0.4, 0.5) is 4.39 Å². The molecule has 1 N–H and O–H groups in total. The van der Waals surface area contributed by atoms with Crippen LogP contribution < -0.4 is 10.4 Å². The summed E-state index contributed by atoms with van der Waals surface area (Å²) >= 11 is 0. The van der Waals surface area contributed by atoms with Crippen LogP contribution in [0.25, 0.3) is 11.0 Å². The van der Waals surface area contributed by atoms with Crippen LogP contribution in [0, 0.1) is 5.82 Å². The molecule has 0 aliphatic rings. The van der Waals surface area contributed by atoms with E-state index in [2.05, 4.69) is 0 Å². The number of aliphatic hydroxyl groups excluding tert-OH is 1. The van der Waals surface area contributed by atoms with E-state index in [4.69, 9.17) is 9.15 Å². The summed E-state index contributed by atoms with van der Waals surface area (Å²) in [7, 11) is 0. The Kier molecular flexibility index (Phi) is 3.89. The fourth-order valence-corrected chi connectivity index (χ4v) is 2.14. The lowest BCUT2D eigenvalue weighted by Gasteiger charge is -2.13. The lowest BCUT2D eigenvalue weighted by molar-refractivity contribution is 0.105. The Labute approximate surface area is 125 Å². The van der Waals surface area contributed by atoms with Crippen LogP contribution in [-0.4, -0.2) is 11.7 Å². The van der Waals surface area contributed by atoms with Crippen molar-refractivity contribution in [1.82, 2.24) is 0 Å². The van der Waals surface area contributed by atoms with E-state index in [0.29, 0.717) is 11.3 Å². The van der Waals surface area contributed by atoms with Crippen LogP contribution in [0.2, 0.25) is 0 Å². The van der Waals surface area contributed by atoms with Gasteiger partial charge < -0.3 is 14.3 Å². The average Bonchev–Trinajstić information content (AvgIpc) is 2.52. The molecule has 4 nitrogen and oxygen atoms in total. The standard InChI is InChI=1S/C17H13FO4/c18-14-4-2-1-3-13(14)15(19)10-21-12-7-5-11-6-8-17(20)22-16(11)9-12/h1-9,15,19H,10H2/t15-/m1/s1. The smallest absolute Gasteiger partial charge is 0.336 e. The minimum absolute atomic E-state index is 0.108. The summed E-state index contributed by atoms with van der Waals surface area (Å²) in [5.41, 5.74) is 0.122. The molecule has 1 aromatic heterocycles. The molecule has 22 heavy (non-hydrogen) atoms. The zero-order valence-corrected chi connectivity index (χ0v) is 11.5. The van der Waals surface area contributed by atoms with Crippen molar-refractivity contribution in [2.24, 2.45) is 0 Å². The van der Waals surface area contributed by atoms with Gasteiger partial charge in [0.2, 0.25) is 0 Å². The Bertz CT molecular complexity index is 856. The number of ether oxygens (including phenoxy) is 1. The maximum absolute atomic E-state index is 13.6. The topological polar surface area (TPSA) is 59.7 Å². The van der Waals surface area contributed by atoms with Crippen molar-refractivity contribution in [2.45, 2.75) is 6.10 Å². The summed E-state index contributed by atoms with van der Waals surface area (Å²) in [4.78, 5) is 11.2. The number of benzene rings is 2. The Hall–Kier alpha value is -2.66. The molecule has 0 radical (unpaired) electrons. The highest BCUT2D eigenvalue weighted by atomic mass is 19.1. The summed E-state index contributed by atoms with van der Waals surface area (Å²) in [6.07, 6.45) is -1.08. The molecule has 0 fully saturated rings. The molecule has 112 valence electrons. The molecule has 0 amide bonds. The molecule has 0 saturated heterocycles. The van der Waals surface area contributed by atoms with Crippen molar-refractivity contribution in [3.63, 3.8) is 0 Å². The van der Waals surface area contributed by atoms with Gasteiger partial charge in [0.1, 0.15) is 29.9 Å². The predicted molar refractivity (Wildman–Crippen MR) is 79.3 cm³/mol. The normalized spacial score (nSPS) is 12.3. The summed E-state index contributed by atoms with van der Waals surface area (Å²) < 4.78 is 24.1. The van der Waals surface area contributed by atoms with Gasteiger partial charge in [-0.1, -0.05) is 18.2 Å². The Morgan fingerprint density at radius 2 is 1.91 bits per heavy atom. The molecule has 0 spiro atoms. The van der Waals surface area contributed by atoms with E-state index in [-0.39, 0.29) is 12.2 Å². The molecule has 0 saturated carbocycles. The van der Waals surface area contributed by atoms with Gasteiger partial charge in [-0.15, -0.1) is 0 Å². The molecule has 5 heteroatoms. The molecule has 1 heterocycles. The fraction of sp³-hybridized carbons (Fsp3) is 0.118. The second kappa shape index (κ2) is 5.99. The van der Waals surface area contributed by atoms with Gasteiger partial charge in [-0.3, -0.25) is 0 Å². The van der Waals surface area contributed by atoms with Gasteiger partial charge in [0.25, 0.3) is 0 Å². The van der Waals surface area contributed by atoms with Gasteiger partial charge in [-0.2, -0.15) is 0 Å². The van der Waals surface area contributed by atoms with Crippen molar-refractivity contribution in [2.75, 3.05) is 6.61 Å². The number of hydrogen-bond acceptors (Lipinski definition) is 4. The molecule has 2 aromatic carbocycles. The minimum Gasteiger partial charge on any atom is -0.490 e. The van der Waals surface area contributed by atoms with E-state index in [1.807, 2.05) is 0 Å². The molecule has 1 atom stereocenters. The van der Waals surface area contributed by atoms with E-state index < -0.39 is 17.5 Å². The highest BCUT2D eigenvalue weighted by Crippen LogP contribution is 2.22. The molecule has 3 aromatic rings. The van der Waals surface area contributed by atoms with Crippen LogP contribution in [0.5, 0.6) is 5.75 Å². The molecule has 3 rings (SSSR count). The van der Waals surface area contributed by atoms with Crippen molar-refractivity contribution in [3.8, 4) is 5.75 Å². The Morgan fingerprint density at radius 1 is 1.14 bits per heavy atom. The second-order valence-electron chi connectivity index (χ2n) is 4.80. The first-order valence-corrected chi connectivity index (χ1v) is 6.73. The highest BCUT2D eigenvalue weighted by molar-refractivity contribution is 5.77. The molecule has 0 aliphatic carbocycles. The lowest BCUT2D eigenvalue weighted by atomic mass is 10.1. The third kappa shape index (κ3) is 2.99. The van der Waals surface area contributed by atoms with Gasteiger partial charge in [-0.05, 0) is 24.3 Å². The summed E-state index contributed by atoms with van der Waals surface area (Å²) in [6.45, 7) is -0.108. The third-order valence-electron chi connectivity index (χ3n) is 3.27. The average molecular weight is 300 g/mol. The van der Waals surface area contributed by atoms with Crippen LogP contribution in [-0.2, 0) is 0 Å². The van der Waals surface area contributed by atoms with Gasteiger partial charge >= 0.3 is 5.63 Å². The summed E-state index contributed by atoms with van der Waals surface area (Å²) in [5.74, 6) is -0.0552. The number of fused-ring (bicyclic) bond motifs is 1. The monoisotopic (exact) mass is 300 g/mol. The molecular formula is C17H13FO4. The number of aliphatic hydroxyl groups is 1. The zero-order valence-electron chi connectivity index (χ0n) is 11.5. The molecule has 0 bridgehead atoms. The minimum atomic E-state index is -1.08. The zero-order chi connectivity index (χ0) is 15.5. The summed E-state index contributed by atoms with van der Waals surface area (Å²) in [5, 5.41) is 10.7. The van der Waals surface area contributed by atoms with Gasteiger partial charge in [0.15, 0.2) is 0 Å². The van der Waals surface area contributed by atoms with Crippen LogP contribution >= 0.6 is 0 Å². The molecule has 0 unspecified atom stereocenters. The highest BCUT2D eigenvalue weighted by Gasteiger charge is 2.13. The summed E-state index contributed by atoms with van der Waals surface area (Å²) in [6, 6.07) is 14.0. The van der Waals surface area contributed by atoms with Crippen LogP contribution in [0.15, 0.2) is 63.8 Å². The van der Waals surface area contributed by atoms with Gasteiger partial charge in [0, 0.05) is 23.1 Å². The van der Waals surface area contributed by atoms with Gasteiger partial charge in [0.05, 0.1) is 0 Å². The number of rotatable bonds is 4. The van der Waals surface area contributed by atoms with E-state index in [1.165, 1.54) is 18.2 Å². The Balaban J connectivity index is 1.76. The second-order valence-corrected chi connectivity index (χ2v) is 4.80. The first-order valence-electron chi connectivity index (χ1n) is 6.73. The maximum Gasteiger partial charge on any atom is 0.336 e. The van der Waals surface area contributed by atoms with Crippen molar-refractivity contribution in [1.29, 1.82) is 0 Å². The van der Waals surface area contributed by atoms with Crippen LogP contribution in [0.3, 0.4) is 0 Å². The van der Waals surface area contributed by atoms with Gasteiger partial charge in [-0.25, -0.2) is 9.18 Å².